The summed E-state index contributed by atoms with van der Waals surface area (Å²) in [4.78, 5) is 5.12. The van der Waals surface area contributed by atoms with Crippen LogP contribution in [0.5, 0.6) is 0 Å². The van der Waals surface area contributed by atoms with Crippen LogP contribution in [0.3, 0.4) is 0 Å². The van der Waals surface area contributed by atoms with Gasteiger partial charge in [0.05, 0.1) is 0 Å². The second-order valence-electron chi connectivity index (χ2n) is 4.39. The van der Waals surface area contributed by atoms with Crippen molar-refractivity contribution < 1.29 is 2.85 Å². The zero-order valence-electron chi connectivity index (χ0n) is 11.0. The Kier molecular flexibility index (Phi) is 7.76. The molecule has 2 N–H and O–H groups in total. The van der Waals surface area contributed by atoms with Gasteiger partial charge in [0.1, 0.15) is 0 Å². The third kappa shape index (κ3) is 5.80. The Bertz CT molecular complexity index is 146. The largest absolute Gasteiger partial charge is 0.316 e. The number of likely N-dealkylation sites (N-methyl/N-ethyl adjacent to an activating group) is 2. The van der Waals surface area contributed by atoms with Crippen molar-refractivity contribution in [3.8, 4) is 0 Å². The van der Waals surface area contributed by atoms with Crippen molar-refractivity contribution in [1.29, 1.82) is 0 Å². The molecule has 1 fully saturated rings. The standard InChI is InChI=1S/C12H28N4.2H2/c1-3-13-5-7-15-9-11-16(12-10-15)8-6-14-4-2;;/h13-14H,3-12H2,1-2H3;2*1H. The van der Waals surface area contributed by atoms with Gasteiger partial charge in [0.25, 0.3) is 0 Å². The number of hydrogen-bond donors (Lipinski definition) is 2. The van der Waals surface area contributed by atoms with E-state index in [0.717, 1.165) is 26.2 Å². The second kappa shape index (κ2) is 8.93. The van der Waals surface area contributed by atoms with Crippen LogP contribution in [0, 0.1) is 0 Å². The molecule has 0 saturated carbocycles. The Labute approximate surface area is 103 Å². The van der Waals surface area contributed by atoms with Crippen molar-refractivity contribution in [2.75, 3.05) is 65.4 Å². The van der Waals surface area contributed by atoms with Gasteiger partial charge in [-0.05, 0) is 13.1 Å². The molecule has 0 atom stereocenters. The van der Waals surface area contributed by atoms with Gasteiger partial charge in [-0.15, -0.1) is 0 Å². The number of nitrogens with zero attached hydrogens (tertiary/aromatic N) is 2. The van der Waals surface area contributed by atoms with Gasteiger partial charge >= 0.3 is 0 Å². The average Bonchev–Trinajstić information content (AvgIpc) is 2.32. The lowest BCUT2D eigenvalue weighted by molar-refractivity contribution is 0.134. The average molecular weight is 232 g/mol. The topological polar surface area (TPSA) is 30.5 Å². The van der Waals surface area contributed by atoms with Crippen LogP contribution in [0.1, 0.15) is 16.7 Å². The summed E-state index contributed by atoms with van der Waals surface area (Å²) < 4.78 is 0. The first-order valence-corrected chi connectivity index (χ1v) is 6.73. The molecule has 0 bridgehead atoms. The van der Waals surface area contributed by atoms with Crippen LogP contribution in [0.4, 0.5) is 0 Å². The summed E-state index contributed by atoms with van der Waals surface area (Å²) in [6, 6.07) is 0. The highest BCUT2D eigenvalue weighted by Crippen LogP contribution is 1.99. The van der Waals surface area contributed by atoms with Gasteiger partial charge in [-0.25, -0.2) is 0 Å². The molecule has 0 radical (unpaired) electrons. The molecule has 4 nitrogen and oxygen atoms in total. The number of rotatable bonds is 8. The summed E-state index contributed by atoms with van der Waals surface area (Å²) >= 11 is 0. The second-order valence-corrected chi connectivity index (χ2v) is 4.39. The van der Waals surface area contributed by atoms with E-state index in [-0.39, 0.29) is 2.85 Å². The fourth-order valence-corrected chi connectivity index (χ4v) is 2.06. The van der Waals surface area contributed by atoms with Crippen molar-refractivity contribution in [1.82, 2.24) is 20.4 Å². The molecule has 0 amide bonds. The molecule has 0 aromatic carbocycles. The smallest absolute Gasteiger partial charge is 0.0110 e. The van der Waals surface area contributed by atoms with Gasteiger partial charge in [0, 0.05) is 55.2 Å². The summed E-state index contributed by atoms with van der Waals surface area (Å²) in [5.74, 6) is 0. The predicted molar refractivity (Wildman–Crippen MR) is 74.2 cm³/mol. The summed E-state index contributed by atoms with van der Waals surface area (Å²) in [6.07, 6.45) is 0. The minimum atomic E-state index is 0. The Hall–Kier alpha value is -0.160. The van der Waals surface area contributed by atoms with Crippen molar-refractivity contribution in [3.63, 3.8) is 0 Å². The molecule has 100 valence electrons. The molecule has 0 aromatic heterocycles. The van der Waals surface area contributed by atoms with Crippen molar-refractivity contribution >= 4 is 0 Å². The van der Waals surface area contributed by atoms with E-state index in [9.17, 15) is 0 Å². The molecule has 1 heterocycles. The maximum absolute atomic E-state index is 3.38. The highest BCUT2D eigenvalue weighted by atomic mass is 15.3. The Morgan fingerprint density at radius 2 is 1.19 bits per heavy atom. The summed E-state index contributed by atoms with van der Waals surface area (Å²) in [5, 5.41) is 6.77. The normalized spacial score (nSPS) is 19.1. The lowest BCUT2D eigenvalue weighted by atomic mass is 10.3. The first kappa shape index (κ1) is 13.9. The molecule has 1 saturated heterocycles. The molecule has 4 heteroatoms. The Morgan fingerprint density at radius 1 is 0.812 bits per heavy atom. The fraction of sp³-hybridized carbons (Fsp3) is 1.00. The lowest BCUT2D eigenvalue weighted by Crippen LogP contribution is -2.49. The number of hydrogen-bond acceptors (Lipinski definition) is 4. The third-order valence-corrected chi connectivity index (χ3v) is 3.17. The molecule has 1 aliphatic heterocycles. The third-order valence-electron chi connectivity index (χ3n) is 3.17. The highest BCUT2D eigenvalue weighted by Gasteiger charge is 2.15. The summed E-state index contributed by atoms with van der Waals surface area (Å²) in [7, 11) is 0. The molecular formula is C12H32N4. The van der Waals surface area contributed by atoms with E-state index in [1.807, 2.05) is 0 Å². The first-order chi connectivity index (χ1) is 7.86. The maximum atomic E-state index is 3.38. The van der Waals surface area contributed by atoms with Gasteiger partial charge in [0.15, 0.2) is 0 Å². The van der Waals surface area contributed by atoms with Crippen LogP contribution in [0.25, 0.3) is 0 Å². The monoisotopic (exact) mass is 232 g/mol. The minimum absolute atomic E-state index is 0. The number of nitrogens with one attached hydrogen (secondary N) is 2. The quantitative estimate of drug-likeness (QED) is 0.590. The summed E-state index contributed by atoms with van der Waals surface area (Å²) in [6.45, 7) is 16.1. The highest BCUT2D eigenvalue weighted by molar-refractivity contribution is 4.72. The van der Waals surface area contributed by atoms with E-state index in [1.54, 1.807) is 0 Å². The van der Waals surface area contributed by atoms with E-state index >= 15 is 0 Å². The van der Waals surface area contributed by atoms with Gasteiger partial charge in [-0.2, -0.15) is 0 Å². The molecule has 1 rings (SSSR count). The molecule has 1 aliphatic rings. The predicted octanol–water partition coefficient (Wildman–Crippen LogP) is 0.315. The maximum Gasteiger partial charge on any atom is 0.0110 e. The van der Waals surface area contributed by atoms with Crippen molar-refractivity contribution in [2.45, 2.75) is 13.8 Å². The van der Waals surface area contributed by atoms with E-state index in [4.69, 9.17) is 0 Å². The molecule has 16 heavy (non-hydrogen) atoms. The van der Waals surface area contributed by atoms with Crippen LogP contribution in [0.2, 0.25) is 0 Å². The van der Waals surface area contributed by atoms with Crippen LogP contribution >= 0.6 is 0 Å². The van der Waals surface area contributed by atoms with Crippen LogP contribution < -0.4 is 10.6 Å². The Morgan fingerprint density at radius 3 is 1.50 bits per heavy atom. The molecule has 0 unspecified atom stereocenters. The zero-order chi connectivity index (χ0) is 11.6. The van der Waals surface area contributed by atoms with Crippen LogP contribution in [0.15, 0.2) is 0 Å². The molecule has 0 spiro atoms. The molecular weight excluding hydrogens is 200 g/mol. The molecule has 0 aromatic rings. The SMILES string of the molecule is CCNCCN1CCN(CCNCC)CC1.[HH].[HH]. The van der Waals surface area contributed by atoms with Crippen LogP contribution in [-0.4, -0.2) is 75.2 Å². The van der Waals surface area contributed by atoms with Crippen molar-refractivity contribution in [3.05, 3.63) is 0 Å². The first-order valence-electron chi connectivity index (χ1n) is 6.73. The zero-order valence-corrected chi connectivity index (χ0v) is 11.0. The molecule has 0 aliphatic carbocycles. The van der Waals surface area contributed by atoms with E-state index in [1.165, 1.54) is 39.3 Å². The minimum Gasteiger partial charge on any atom is -0.316 e. The van der Waals surface area contributed by atoms with Gasteiger partial charge < -0.3 is 10.6 Å². The van der Waals surface area contributed by atoms with Gasteiger partial charge in [0.2, 0.25) is 0 Å². The van der Waals surface area contributed by atoms with Crippen LogP contribution in [-0.2, 0) is 0 Å². The Balaban J connectivity index is 0. The van der Waals surface area contributed by atoms with Crippen molar-refractivity contribution in [2.24, 2.45) is 0 Å². The lowest BCUT2D eigenvalue weighted by Gasteiger charge is -2.34. The van der Waals surface area contributed by atoms with Gasteiger partial charge in [-0.1, -0.05) is 13.8 Å². The van der Waals surface area contributed by atoms with E-state index < -0.39 is 0 Å². The van der Waals surface area contributed by atoms with E-state index in [2.05, 4.69) is 34.3 Å². The number of piperazine rings is 1. The fourth-order valence-electron chi connectivity index (χ4n) is 2.06. The van der Waals surface area contributed by atoms with Gasteiger partial charge in [-0.3, -0.25) is 9.80 Å². The summed E-state index contributed by atoms with van der Waals surface area (Å²) in [5.41, 5.74) is 0. The van der Waals surface area contributed by atoms with E-state index in [0.29, 0.717) is 0 Å².